The third-order valence-electron chi connectivity index (χ3n) is 5.91. The number of ether oxygens (including phenoxy) is 1. The molecule has 0 radical (unpaired) electrons. The van der Waals surface area contributed by atoms with E-state index in [1.54, 1.807) is 30.0 Å². The molecule has 184 valence electrons. The Kier molecular flexibility index (Phi) is 7.46. The van der Waals surface area contributed by atoms with E-state index >= 15 is 0 Å². The van der Waals surface area contributed by atoms with Crippen molar-refractivity contribution in [3.63, 3.8) is 0 Å². The second kappa shape index (κ2) is 10.9. The predicted octanol–water partition coefficient (Wildman–Crippen LogP) is 3.98. The van der Waals surface area contributed by atoms with Gasteiger partial charge in [-0.2, -0.15) is 0 Å². The Hall–Kier alpha value is -4.43. The fourth-order valence-corrected chi connectivity index (χ4v) is 4.11. The zero-order valence-corrected chi connectivity index (χ0v) is 20.4. The van der Waals surface area contributed by atoms with Crippen molar-refractivity contribution in [2.75, 3.05) is 42.8 Å². The van der Waals surface area contributed by atoms with Gasteiger partial charge in [0, 0.05) is 37.0 Å². The molecule has 3 aromatic carbocycles. The van der Waals surface area contributed by atoms with Crippen LogP contribution in [0.4, 0.5) is 17.1 Å². The summed E-state index contributed by atoms with van der Waals surface area (Å²) in [5.74, 6) is -0.784. The van der Waals surface area contributed by atoms with Crippen molar-refractivity contribution in [1.29, 1.82) is 0 Å². The zero-order chi connectivity index (χ0) is 25.7. The number of fused-ring (bicyclic) bond motifs is 1. The number of methoxy groups -OCH3 is 1. The fraction of sp³-hybridized carbons (Fsp3) is 0.179. The highest BCUT2D eigenvalue weighted by Gasteiger charge is 2.29. The summed E-state index contributed by atoms with van der Waals surface area (Å²) in [6, 6.07) is 22.1. The Morgan fingerprint density at radius 1 is 0.972 bits per heavy atom. The van der Waals surface area contributed by atoms with Gasteiger partial charge < -0.3 is 25.6 Å². The average Bonchev–Trinajstić information content (AvgIpc) is 3.22. The molecule has 0 saturated carbocycles. The van der Waals surface area contributed by atoms with E-state index < -0.39 is 5.97 Å². The summed E-state index contributed by atoms with van der Waals surface area (Å²) < 4.78 is 4.80. The largest absolute Gasteiger partial charge is 0.465 e. The second-order valence-corrected chi connectivity index (χ2v) is 8.27. The van der Waals surface area contributed by atoms with Crippen LogP contribution in [-0.4, -0.2) is 45.0 Å². The van der Waals surface area contributed by atoms with Crippen LogP contribution in [0.25, 0.3) is 11.3 Å². The van der Waals surface area contributed by atoms with Crippen molar-refractivity contribution in [1.82, 2.24) is 5.32 Å². The van der Waals surface area contributed by atoms with E-state index in [4.69, 9.17) is 4.74 Å². The molecule has 0 saturated heterocycles. The Morgan fingerprint density at radius 3 is 2.33 bits per heavy atom. The normalized spacial score (nSPS) is 13.5. The first-order valence-electron chi connectivity index (χ1n) is 11.6. The van der Waals surface area contributed by atoms with Crippen LogP contribution in [0.1, 0.15) is 28.4 Å². The average molecular weight is 485 g/mol. The zero-order valence-electron chi connectivity index (χ0n) is 20.4. The molecule has 0 atom stereocenters. The number of hydrogen-bond donors (Lipinski definition) is 3. The minimum Gasteiger partial charge on any atom is -0.465 e. The lowest BCUT2D eigenvalue weighted by molar-refractivity contribution is -0.116. The third kappa shape index (κ3) is 5.13. The molecule has 3 N–H and O–H groups in total. The minimum atomic E-state index is -0.472. The van der Waals surface area contributed by atoms with Crippen molar-refractivity contribution in [3.05, 3.63) is 89.5 Å². The van der Waals surface area contributed by atoms with Crippen molar-refractivity contribution in [3.8, 4) is 0 Å². The minimum absolute atomic E-state index is 0.0383. The Morgan fingerprint density at radius 2 is 1.69 bits per heavy atom. The molecule has 36 heavy (non-hydrogen) atoms. The maximum absolute atomic E-state index is 13.1. The van der Waals surface area contributed by atoms with E-state index in [1.165, 1.54) is 7.11 Å². The molecule has 1 aliphatic rings. The van der Waals surface area contributed by atoms with Crippen LogP contribution in [-0.2, 0) is 14.3 Å². The lowest BCUT2D eigenvalue weighted by Gasteiger charge is -2.22. The number of amides is 2. The van der Waals surface area contributed by atoms with Crippen LogP contribution >= 0.6 is 0 Å². The van der Waals surface area contributed by atoms with Crippen LogP contribution < -0.4 is 20.9 Å². The van der Waals surface area contributed by atoms with Crippen LogP contribution in [0.2, 0.25) is 0 Å². The molecular formula is C28H28N4O4. The van der Waals surface area contributed by atoms with Gasteiger partial charge >= 0.3 is 5.97 Å². The van der Waals surface area contributed by atoms with Gasteiger partial charge in [-0.3, -0.25) is 9.59 Å². The number of nitrogens with zero attached hydrogens (tertiary/aromatic N) is 1. The maximum Gasteiger partial charge on any atom is 0.337 e. The van der Waals surface area contributed by atoms with E-state index in [2.05, 4.69) is 16.0 Å². The number of carbonyl (C=O) groups is 3. The lowest BCUT2D eigenvalue weighted by Crippen LogP contribution is -2.34. The van der Waals surface area contributed by atoms with Crippen molar-refractivity contribution < 1.29 is 19.1 Å². The predicted molar refractivity (Wildman–Crippen MR) is 142 cm³/mol. The number of benzene rings is 3. The van der Waals surface area contributed by atoms with Crippen molar-refractivity contribution >= 4 is 46.1 Å². The lowest BCUT2D eigenvalue weighted by atomic mass is 9.99. The number of carbonyl (C=O) groups excluding carboxylic acids is 3. The third-order valence-corrected chi connectivity index (χ3v) is 5.91. The van der Waals surface area contributed by atoms with Gasteiger partial charge in [-0.15, -0.1) is 0 Å². The first-order valence-corrected chi connectivity index (χ1v) is 11.6. The number of rotatable bonds is 8. The number of anilines is 3. The van der Waals surface area contributed by atoms with Crippen LogP contribution in [0.3, 0.4) is 0 Å². The highest BCUT2D eigenvalue weighted by atomic mass is 16.5. The molecular weight excluding hydrogens is 456 g/mol. The molecule has 0 fully saturated rings. The smallest absolute Gasteiger partial charge is 0.337 e. The molecule has 8 heteroatoms. The van der Waals surface area contributed by atoms with Crippen molar-refractivity contribution in [2.45, 2.75) is 6.92 Å². The summed E-state index contributed by atoms with van der Waals surface area (Å²) in [7, 11) is 3.16. The molecule has 4 rings (SSSR count). The monoisotopic (exact) mass is 484 g/mol. The molecule has 0 unspecified atom stereocenters. The molecule has 0 bridgehead atoms. The maximum atomic E-state index is 13.1. The SMILES string of the molecule is CNCCN(C(C)=O)c1ccc(N/C(=C2\C(=O)Nc3cc(C(=O)OC)ccc32)c2ccccc2)cc1. The molecule has 3 aromatic rings. The Bertz CT molecular complexity index is 1320. The van der Waals surface area contributed by atoms with Gasteiger partial charge in [0.15, 0.2) is 0 Å². The summed E-state index contributed by atoms with van der Waals surface area (Å²) in [5.41, 5.74) is 5.06. The summed E-state index contributed by atoms with van der Waals surface area (Å²) in [6.07, 6.45) is 0. The fourth-order valence-electron chi connectivity index (χ4n) is 4.11. The molecule has 1 aliphatic heterocycles. The Balaban J connectivity index is 1.73. The van der Waals surface area contributed by atoms with E-state index in [0.717, 1.165) is 16.9 Å². The number of esters is 1. The van der Waals surface area contributed by atoms with E-state index in [1.807, 2.05) is 61.6 Å². The Labute approximate surface area is 210 Å². The standard InChI is InChI=1S/C28H28N4O4/c1-18(33)32(16-15-29-2)22-12-10-21(11-13-22)30-26(19-7-5-4-6-8-19)25-23-14-9-20(28(35)36-3)17-24(23)31-27(25)34/h4-14,17,29-30H,15-16H2,1-3H3,(H,31,34)/b26-25-. The highest BCUT2D eigenvalue weighted by Crippen LogP contribution is 2.38. The van der Waals surface area contributed by atoms with Gasteiger partial charge in [0.1, 0.15) is 0 Å². The van der Waals surface area contributed by atoms with Crippen LogP contribution in [0.15, 0.2) is 72.8 Å². The number of likely N-dealkylation sites (N-methyl/N-ethyl adjacent to an activating group) is 1. The van der Waals surface area contributed by atoms with Crippen LogP contribution in [0.5, 0.6) is 0 Å². The van der Waals surface area contributed by atoms with Gasteiger partial charge in [0.25, 0.3) is 5.91 Å². The van der Waals surface area contributed by atoms with Gasteiger partial charge in [-0.05, 0) is 49.0 Å². The first-order chi connectivity index (χ1) is 17.4. The first kappa shape index (κ1) is 24.7. The molecule has 2 amide bonds. The van der Waals surface area contributed by atoms with Crippen LogP contribution in [0, 0.1) is 0 Å². The molecule has 8 nitrogen and oxygen atoms in total. The summed E-state index contributed by atoms with van der Waals surface area (Å²) in [4.78, 5) is 38.9. The second-order valence-electron chi connectivity index (χ2n) is 8.27. The summed E-state index contributed by atoms with van der Waals surface area (Å²) in [5, 5.41) is 9.33. The van der Waals surface area contributed by atoms with E-state index in [9.17, 15) is 14.4 Å². The van der Waals surface area contributed by atoms with Gasteiger partial charge in [-0.1, -0.05) is 36.4 Å². The quantitative estimate of drug-likeness (QED) is 0.330. The van der Waals surface area contributed by atoms with E-state index in [-0.39, 0.29) is 11.8 Å². The molecule has 1 heterocycles. The molecule has 0 aromatic heterocycles. The van der Waals surface area contributed by atoms with Gasteiger partial charge in [0.2, 0.25) is 5.91 Å². The summed E-state index contributed by atoms with van der Waals surface area (Å²) >= 11 is 0. The number of hydrogen-bond acceptors (Lipinski definition) is 6. The number of nitrogens with one attached hydrogen (secondary N) is 3. The molecule has 0 spiro atoms. The topological polar surface area (TPSA) is 99.8 Å². The van der Waals surface area contributed by atoms with E-state index in [0.29, 0.717) is 41.2 Å². The van der Waals surface area contributed by atoms with Gasteiger partial charge in [-0.25, -0.2) is 4.79 Å². The van der Waals surface area contributed by atoms with Crippen molar-refractivity contribution in [2.24, 2.45) is 0 Å². The highest BCUT2D eigenvalue weighted by molar-refractivity contribution is 6.37. The molecule has 0 aliphatic carbocycles. The van der Waals surface area contributed by atoms with Gasteiger partial charge in [0.05, 0.1) is 29.6 Å². The summed E-state index contributed by atoms with van der Waals surface area (Å²) in [6.45, 7) is 2.78.